The van der Waals surface area contributed by atoms with Gasteiger partial charge in [0, 0.05) is 45.5 Å². The van der Waals surface area contributed by atoms with Gasteiger partial charge in [-0.25, -0.2) is 0 Å². The number of amides is 2. The lowest BCUT2D eigenvalue weighted by atomic mass is 10.1. The van der Waals surface area contributed by atoms with Crippen LogP contribution in [0.2, 0.25) is 0 Å². The predicted molar refractivity (Wildman–Crippen MR) is 97.3 cm³/mol. The first-order valence-corrected chi connectivity index (χ1v) is 8.81. The number of nitrogens with zero attached hydrogens (tertiary/aromatic N) is 3. The van der Waals surface area contributed by atoms with Crippen molar-refractivity contribution in [1.82, 2.24) is 9.80 Å². The lowest BCUT2D eigenvalue weighted by Crippen LogP contribution is -2.53. The Morgan fingerprint density at radius 3 is 2.42 bits per heavy atom. The van der Waals surface area contributed by atoms with Crippen molar-refractivity contribution in [2.75, 3.05) is 44.7 Å². The summed E-state index contributed by atoms with van der Waals surface area (Å²) in [4.78, 5) is 30.1. The highest BCUT2D eigenvalue weighted by atomic mass is 16.2. The maximum Gasteiger partial charge on any atom is 0.312 e. The van der Waals surface area contributed by atoms with Crippen molar-refractivity contribution < 1.29 is 9.59 Å². The van der Waals surface area contributed by atoms with E-state index in [1.165, 1.54) is 16.8 Å². The summed E-state index contributed by atoms with van der Waals surface area (Å²) in [7, 11) is 1.71. The Morgan fingerprint density at radius 1 is 1.12 bits per heavy atom. The van der Waals surface area contributed by atoms with Gasteiger partial charge < -0.3 is 14.7 Å². The molecule has 1 aromatic carbocycles. The lowest BCUT2D eigenvalue weighted by Gasteiger charge is -2.37. The molecule has 1 fully saturated rings. The number of aryl methyl sites for hydroxylation is 1. The molecule has 2 amide bonds. The van der Waals surface area contributed by atoms with E-state index < -0.39 is 0 Å². The van der Waals surface area contributed by atoms with E-state index >= 15 is 0 Å². The van der Waals surface area contributed by atoms with Crippen molar-refractivity contribution in [3.05, 3.63) is 29.3 Å². The van der Waals surface area contributed by atoms with Gasteiger partial charge in [0.15, 0.2) is 0 Å². The smallest absolute Gasteiger partial charge is 0.312 e. The van der Waals surface area contributed by atoms with Gasteiger partial charge in [0.25, 0.3) is 0 Å². The number of hydrogen-bond acceptors (Lipinski definition) is 3. The highest BCUT2D eigenvalue weighted by Gasteiger charge is 2.28. The minimum atomic E-state index is -0.386. The maximum absolute atomic E-state index is 12.4. The van der Waals surface area contributed by atoms with Crippen molar-refractivity contribution in [2.24, 2.45) is 0 Å². The van der Waals surface area contributed by atoms with E-state index in [1.54, 1.807) is 16.8 Å². The normalized spacial score (nSPS) is 14.7. The van der Waals surface area contributed by atoms with Gasteiger partial charge in [-0.15, -0.1) is 0 Å². The monoisotopic (exact) mass is 331 g/mol. The van der Waals surface area contributed by atoms with Crippen LogP contribution in [0.3, 0.4) is 0 Å². The number of carbonyl (C=O) groups excluding carboxylic acids is 2. The summed E-state index contributed by atoms with van der Waals surface area (Å²) in [6.45, 7) is 9.69. The first kappa shape index (κ1) is 18.3. The number of anilines is 1. The summed E-state index contributed by atoms with van der Waals surface area (Å²) in [6.07, 6.45) is 1.94. The molecule has 0 atom stereocenters. The second kappa shape index (κ2) is 8.18. The van der Waals surface area contributed by atoms with Crippen LogP contribution in [0.4, 0.5) is 5.69 Å². The van der Waals surface area contributed by atoms with E-state index in [2.05, 4.69) is 43.9 Å². The molecule has 0 N–H and O–H groups in total. The standard InChI is InChI=1S/C19H29N3O2/c1-5-6-10-20(4)18(23)19(24)22-13-11-21(12-14-22)17-9-7-8-15(2)16(17)3/h7-9H,5-6,10-14H2,1-4H3. The Balaban J connectivity index is 1.93. The summed E-state index contributed by atoms with van der Waals surface area (Å²) in [5, 5.41) is 0. The van der Waals surface area contributed by atoms with Gasteiger partial charge in [-0.3, -0.25) is 9.59 Å². The number of carbonyl (C=O) groups is 2. The number of piperazine rings is 1. The third-order valence-electron chi connectivity index (χ3n) is 4.86. The highest BCUT2D eigenvalue weighted by Crippen LogP contribution is 2.23. The molecule has 1 heterocycles. The second-order valence-electron chi connectivity index (χ2n) is 6.58. The van der Waals surface area contributed by atoms with Crippen LogP contribution in [0, 0.1) is 13.8 Å². The quantitative estimate of drug-likeness (QED) is 0.795. The first-order valence-electron chi connectivity index (χ1n) is 8.81. The van der Waals surface area contributed by atoms with E-state index in [0.29, 0.717) is 19.6 Å². The number of unbranched alkanes of at least 4 members (excludes halogenated alkanes) is 1. The number of hydrogen-bond donors (Lipinski definition) is 0. The second-order valence-corrected chi connectivity index (χ2v) is 6.58. The van der Waals surface area contributed by atoms with Crippen LogP contribution in [0.1, 0.15) is 30.9 Å². The summed E-state index contributed by atoms with van der Waals surface area (Å²) < 4.78 is 0. The van der Waals surface area contributed by atoms with Crippen LogP contribution in [-0.2, 0) is 9.59 Å². The Hall–Kier alpha value is -2.04. The number of likely N-dealkylation sites (N-methyl/N-ethyl adjacent to an activating group) is 1. The average Bonchev–Trinajstić information content (AvgIpc) is 2.61. The fourth-order valence-corrected chi connectivity index (χ4v) is 3.02. The van der Waals surface area contributed by atoms with E-state index in [0.717, 1.165) is 25.9 Å². The third kappa shape index (κ3) is 4.08. The average molecular weight is 331 g/mol. The van der Waals surface area contributed by atoms with E-state index in [1.807, 2.05) is 0 Å². The lowest BCUT2D eigenvalue weighted by molar-refractivity contribution is -0.151. The van der Waals surface area contributed by atoms with Crippen LogP contribution in [0.15, 0.2) is 18.2 Å². The minimum Gasteiger partial charge on any atom is -0.368 e. The molecule has 0 saturated carbocycles. The van der Waals surface area contributed by atoms with E-state index in [4.69, 9.17) is 0 Å². The Morgan fingerprint density at radius 2 is 1.79 bits per heavy atom. The van der Waals surface area contributed by atoms with Gasteiger partial charge in [-0.1, -0.05) is 25.5 Å². The zero-order chi connectivity index (χ0) is 17.7. The molecule has 1 aliphatic rings. The van der Waals surface area contributed by atoms with Gasteiger partial charge in [0.05, 0.1) is 0 Å². The molecule has 1 saturated heterocycles. The molecule has 1 aromatic rings. The number of benzene rings is 1. The summed E-state index contributed by atoms with van der Waals surface area (Å²) in [5.74, 6) is -0.752. The van der Waals surface area contributed by atoms with Crippen molar-refractivity contribution in [2.45, 2.75) is 33.6 Å². The van der Waals surface area contributed by atoms with Crippen LogP contribution < -0.4 is 4.90 Å². The van der Waals surface area contributed by atoms with E-state index in [-0.39, 0.29) is 11.8 Å². The van der Waals surface area contributed by atoms with Gasteiger partial charge in [0.2, 0.25) is 0 Å². The molecule has 0 radical (unpaired) electrons. The minimum absolute atomic E-state index is 0.366. The molecule has 0 aliphatic carbocycles. The molecule has 2 rings (SSSR count). The molecule has 0 spiro atoms. The molecular formula is C19H29N3O2. The molecule has 0 unspecified atom stereocenters. The summed E-state index contributed by atoms with van der Waals surface area (Å²) in [6, 6.07) is 6.31. The number of rotatable bonds is 4. The fraction of sp³-hybridized carbons (Fsp3) is 0.579. The zero-order valence-corrected chi connectivity index (χ0v) is 15.3. The Labute approximate surface area is 145 Å². The van der Waals surface area contributed by atoms with E-state index in [9.17, 15) is 9.59 Å². The summed E-state index contributed by atoms with van der Waals surface area (Å²) >= 11 is 0. The van der Waals surface area contributed by atoms with Crippen molar-refractivity contribution in [3.63, 3.8) is 0 Å². The molecule has 0 aromatic heterocycles. The van der Waals surface area contributed by atoms with Crippen molar-refractivity contribution in [3.8, 4) is 0 Å². The molecule has 0 bridgehead atoms. The molecule has 24 heavy (non-hydrogen) atoms. The highest BCUT2D eigenvalue weighted by molar-refractivity contribution is 6.34. The van der Waals surface area contributed by atoms with Gasteiger partial charge >= 0.3 is 11.8 Å². The van der Waals surface area contributed by atoms with Crippen LogP contribution in [-0.4, -0.2) is 61.4 Å². The molecule has 5 heteroatoms. The van der Waals surface area contributed by atoms with Crippen LogP contribution in [0.5, 0.6) is 0 Å². The maximum atomic E-state index is 12.4. The predicted octanol–water partition coefficient (Wildman–Crippen LogP) is 2.21. The topological polar surface area (TPSA) is 43.9 Å². The Kier molecular flexibility index (Phi) is 6.23. The van der Waals surface area contributed by atoms with Crippen LogP contribution in [0.25, 0.3) is 0 Å². The molecule has 5 nitrogen and oxygen atoms in total. The zero-order valence-electron chi connectivity index (χ0n) is 15.3. The van der Waals surface area contributed by atoms with Crippen molar-refractivity contribution >= 4 is 17.5 Å². The first-order chi connectivity index (χ1) is 11.5. The van der Waals surface area contributed by atoms with Crippen molar-refractivity contribution in [1.29, 1.82) is 0 Å². The molecular weight excluding hydrogens is 302 g/mol. The summed E-state index contributed by atoms with van der Waals surface area (Å²) in [5.41, 5.74) is 3.79. The van der Waals surface area contributed by atoms with Gasteiger partial charge in [-0.05, 0) is 37.5 Å². The SMILES string of the molecule is CCCCN(C)C(=O)C(=O)N1CCN(c2cccc(C)c2C)CC1. The Bertz CT molecular complexity index is 592. The fourth-order valence-electron chi connectivity index (χ4n) is 3.02. The third-order valence-corrected chi connectivity index (χ3v) is 4.86. The van der Waals surface area contributed by atoms with Gasteiger partial charge in [-0.2, -0.15) is 0 Å². The molecule has 132 valence electrons. The largest absolute Gasteiger partial charge is 0.368 e. The van der Waals surface area contributed by atoms with Gasteiger partial charge in [0.1, 0.15) is 0 Å². The van der Waals surface area contributed by atoms with Crippen LogP contribution >= 0.6 is 0 Å². The molecule has 1 aliphatic heterocycles.